The fraction of sp³-hybridized carbons (Fsp3) is 0.0333. The van der Waals surface area contributed by atoms with Crippen LogP contribution in [0.1, 0.15) is 5.56 Å². The minimum Gasteiger partial charge on any atom is -0.248 e. The standard InChI is InChI=1S/C30H23NO2S/c1-22-12-16-27(17-13-22)34(32,33)28-18-14-23(15-19-28)26-20-29(24-8-4-2-5-9-24)31-30(21-26)25-10-6-3-7-11-25/h2-21H,1H3. The Labute approximate surface area is 200 Å². The average molecular weight is 462 g/mol. The molecule has 0 aliphatic carbocycles. The van der Waals surface area contributed by atoms with Crippen molar-refractivity contribution in [2.24, 2.45) is 0 Å². The first-order valence-electron chi connectivity index (χ1n) is 11.1. The van der Waals surface area contributed by atoms with E-state index in [4.69, 9.17) is 4.98 Å². The van der Waals surface area contributed by atoms with Crippen LogP contribution in [0.25, 0.3) is 33.6 Å². The van der Waals surface area contributed by atoms with Gasteiger partial charge in [0.1, 0.15) is 0 Å². The normalized spacial score (nSPS) is 11.3. The van der Waals surface area contributed by atoms with Gasteiger partial charge in [0.25, 0.3) is 0 Å². The predicted octanol–water partition coefficient (Wildman–Crippen LogP) is 7.22. The lowest BCUT2D eigenvalue weighted by molar-refractivity contribution is 0.596. The molecule has 0 aliphatic heterocycles. The highest BCUT2D eigenvalue weighted by atomic mass is 32.2. The van der Waals surface area contributed by atoms with Gasteiger partial charge in [-0.15, -0.1) is 0 Å². The maximum absolute atomic E-state index is 13.1. The zero-order valence-corrected chi connectivity index (χ0v) is 19.5. The van der Waals surface area contributed by atoms with Crippen LogP contribution < -0.4 is 0 Å². The topological polar surface area (TPSA) is 47.0 Å². The summed E-state index contributed by atoms with van der Waals surface area (Å²) in [5, 5.41) is 0. The van der Waals surface area contributed by atoms with Crippen molar-refractivity contribution >= 4 is 9.84 Å². The number of benzene rings is 4. The second kappa shape index (κ2) is 9.08. The van der Waals surface area contributed by atoms with E-state index in [2.05, 4.69) is 0 Å². The van der Waals surface area contributed by atoms with Gasteiger partial charge in [0.2, 0.25) is 9.84 Å². The molecule has 5 aromatic rings. The van der Waals surface area contributed by atoms with Crippen LogP contribution in [0.2, 0.25) is 0 Å². The minimum atomic E-state index is -3.57. The molecule has 4 heteroatoms. The van der Waals surface area contributed by atoms with Gasteiger partial charge < -0.3 is 0 Å². The van der Waals surface area contributed by atoms with Gasteiger partial charge in [0, 0.05) is 11.1 Å². The molecule has 0 amide bonds. The zero-order valence-electron chi connectivity index (χ0n) is 18.7. The summed E-state index contributed by atoms with van der Waals surface area (Å²) in [6, 6.07) is 38.2. The molecule has 0 radical (unpaired) electrons. The number of aryl methyl sites for hydroxylation is 1. The smallest absolute Gasteiger partial charge is 0.206 e. The summed E-state index contributed by atoms with van der Waals surface area (Å²) in [6.45, 7) is 1.94. The lowest BCUT2D eigenvalue weighted by atomic mass is 10.00. The van der Waals surface area contributed by atoms with Crippen LogP contribution in [0.3, 0.4) is 0 Å². The average Bonchev–Trinajstić information content (AvgIpc) is 2.90. The van der Waals surface area contributed by atoms with E-state index in [1.165, 1.54) is 0 Å². The summed E-state index contributed by atoms with van der Waals surface area (Å²) in [7, 11) is -3.57. The SMILES string of the molecule is Cc1ccc(S(=O)(=O)c2ccc(-c3cc(-c4ccccc4)nc(-c4ccccc4)c3)cc2)cc1. The quantitative estimate of drug-likeness (QED) is 0.277. The number of sulfone groups is 1. The molecule has 1 aromatic heterocycles. The first-order chi connectivity index (χ1) is 16.5. The fourth-order valence-electron chi connectivity index (χ4n) is 3.89. The number of hydrogen-bond acceptors (Lipinski definition) is 3. The summed E-state index contributed by atoms with van der Waals surface area (Å²) in [6.07, 6.45) is 0. The fourth-order valence-corrected chi connectivity index (χ4v) is 5.15. The molecule has 0 spiro atoms. The van der Waals surface area contributed by atoms with Gasteiger partial charge in [-0.25, -0.2) is 13.4 Å². The van der Waals surface area contributed by atoms with E-state index in [-0.39, 0.29) is 4.90 Å². The summed E-state index contributed by atoms with van der Waals surface area (Å²) in [4.78, 5) is 5.48. The van der Waals surface area contributed by atoms with E-state index in [1.54, 1.807) is 24.3 Å². The summed E-state index contributed by atoms with van der Waals surface area (Å²) in [5.74, 6) is 0. The van der Waals surface area contributed by atoms with Crippen LogP contribution >= 0.6 is 0 Å². The molecule has 1 heterocycles. The van der Waals surface area contributed by atoms with Gasteiger partial charge in [-0.2, -0.15) is 0 Å². The van der Waals surface area contributed by atoms with Gasteiger partial charge in [0.15, 0.2) is 0 Å². The molecule has 0 saturated heterocycles. The third kappa shape index (κ3) is 4.41. The van der Waals surface area contributed by atoms with Crippen LogP contribution in [0.15, 0.2) is 131 Å². The molecule has 4 aromatic carbocycles. The highest BCUT2D eigenvalue weighted by molar-refractivity contribution is 7.91. The van der Waals surface area contributed by atoms with Crippen molar-refractivity contribution in [1.82, 2.24) is 4.98 Å². The van der Waals surface area contributed by atoms with Crippen LogP contribution in [-0.2, 0) is 9.84 Å². The largest absolute Gasteiger partial charge is 0.248 e. The summed E-state index contributed by atoms with van der Waals surface area (Å²) in [5.41, 5.74) is 6.73. The number of aromatic nitrogens is 1. The second-order valence-electron chi connectivity index (χ2n) is 8.20. The Morgan fingerprint density at radius 3 is 1.41 bits per heavy atom. The van der Waals surface area contributed by atoms with E-state index in [0.717, 1.165) is 39.2 Å². The maximum Gasteiger partial charge on any atom is 0.206 e. The summed E-state index contributed by atoms with van der Waals surface area (Å²) >= 11 is 0. The van der Waals surface area contributed by atoms with Gasteiger partial charge in [-0.05, 0) is 54.4 Å². The highest BCUT2D eigenvalue weighted by Crippen LogP contribution is 2.31. The van der Waals surface area contributed by atoms with Crippen molar-refractivity contribution in [3.05, 3.63) is 127 Å². The van der Waals surface area contributed by atoms with Gasteiger partial charge in [0.05, 0.1) is 21.2 Å². The molecule has 166 valence electrons. The van der Waals surface area contributed by atoms with E-state index in [0.29, 0.717) is 4.90 Å². The molecule has 34 heavy (non-hydrogen) atoms. The van der Waals surface area contributed by atoms with Crippen molar-refractivity contribution in [3.8, 4) is 33.6 Å². The Hall–Kier alpha value is -4.02. The van der Waals surface area contributed by atoms with Gasteiger partial charge in [-0.3, -0.25) is 0 Å². The number of pyridine rings is 1. The van der Waals surface area contributed by atoms with E-state index in [1.807, 2.05) is 104 Å². The van der Waals surface area contributed by atoms with Crippen LogP contribution in [0.5, 0.6) is 0 Å². The van der Waals surface area contributed by atoms with Crippen molar-refractivity contribution in [3.63, 3.8) is 0 Å². The zero-order chi connectivity index (χ0) is 23.5. The molecule has 0 fully saturated rings. The molecule has 0 saturated carbocycles. The van der Waals surface area contributed by atoms with Crippen LogP contribution in [0, 0.1) is 6.92 Å². The molecule has 3 nitrogen and oxygen atoms in total. The molecule has 5 rings (SSSR count). The first kappa shape index (κ1) is 21.8. The minimum absolute atomic E-state index is 0.278. The molecule has 0 aliphatic rings. The molecular weight excluding hydrogens is 438 g/mol. The Bertz CT molecular complexity index is 1470. The summed E-state index contributed by atoms with van der Waals surface area (Å²) < 4.78 is 26.1. The Kier molecular flexibility index (Phi) is 5.83. The first-order valence-corrected chi connectivity index (χ1v) is 12.5. The molecule has 0 atom stereocenters. The Morgan fingerprint density at radius 1 is 0.500 bits per heavy atom. The lowest BCUT2D eigenvalue weighted by Crippen LogP contribution is -2.01. The molecular formula is C30H23NO2S. The molecule has 0 unspecified atom stereocenters. The van der Waals surface area contributed by atoms with Crippen molar-refractivity contribution in [2.45, 2.75) is 16.7 Å². The number of hydrogen-bond donors (Lipinski definition) is 0. The number of rotatable bonds is 5. The monoisotopic (exact) mass is 461 g/mol. The molecule has 0 N–H and O–H groups in total. The van der Waals surface area contributed by atoms with E-state index < -0.39 is 9.84 Å². The number of nitrogens with zero attached hydrogens (tertiary/aromatic N) is 1. The van der Waals surface area contributed by atoms with Crippen LogP contribution in [0.4, 0.5) is 0 Å². The van der Waals surface area contributed by atoms with Crippen molar-refractivity contribution in [2.75, 3.05) is 0 Å². The molecule has 0 bridgehead atoms. The highest BCUT2D eigenvalue weighted by Gasteiger charge is 2.17. The van der Waals surface area contributed by atoms with Gasteiger partial charge in [-0.1, -0.05) is 90.5 Å². The Balaban J connectivity index is 1.57. The third-order valence-corrected chi connectivity index (χ3v) is 7.58. The van der Waals surface area contributed by atoms with Gasteiger partial charge >= 0.3 is 0 Å². The maximum atomic E-state index is 13.1. The van der Waals surface area contributed by atoms with Crippen LogP contribution in [-0.4, -0.2) is 13.4 Å². The lowest BCUT2D eigenvalue weighted by Gasteiger charge is -2.11. The van der Waals surface area contributed by atoms with Crippen molar-refractivity contribution in [1.29, 1.82) is 0 Å². The van der Waals surface area contributed by atoms with E-state index in [9.17, 15) is 8.42 Å². The second-order valence-corrected chi connectivity index (χ2v) is 10.1. The van der Waals surface area contributed by atoms with E-state index >= 15 is 0 Å². The predicted molar refractivity (Wildman–Crippen MR) is 137 cm³/mol. The Morgan fingerprint density at radius 2 is 0.941 bits per heavy atom. The third-order valence-electron chi connectivity index (χ3n) is 5.79. The van der Waals surface area contributed by atoms with Crippen molar-refractivity contribution < 1.29 is 8.42 Å².